The third-order valence-corrected chi connectivity index (χ3v) is 3.20. The average molecular weight is 224 g/mol. The normalized spacial score (nSPS) is 17.1. The van der Waals surface area contributed by atoms with E-state index in [0.717, 1.165) is 0 Å². The molecule has 0 amide bonds. The molecule has 2 rings (SSSR count). The highest BCUT2D eigenvalue weighted by molar-refractivity contribution is 5.70. The Morgan fingerprint density at radius 2 is 2.12 bits per heavy atom. The molecule has 4 heteroatoms. The van der Waals surface area contributed by atoms with Crippen molar-refractivity contribution in [1.29, 1.82) is 0 Å². The SMILES string of the molecule is Cc1cc(F)c(C2(CC(=O)O)CC2)cc1O. The van der Waals surface area contributed by atoms with Crippen molar-refractivity contribution in [3.05, 3.63) is 29.1 Å². The van der Waals surface area contributed by atoms with Crippen molar-refractivity contribution in [1.82, 2.24) is 0 Å². The van der Waals surface area contributed by atoms with Gasteiger partial charge in [0.15, 0.2) is 0 Å². The van der Waals surface area contributed by atoms with Gasteiger partial charge in [0.2, 0.25) is 0 Å². The molecule has 0 unspecified atom stereocenters. The van der Waals surface area contributed by atoms with E-state index in [4.69, 9.17) is 5.11 Å². The van der Waals surface area contributed by atoms with Crippen molar-refractivity contribution in [2.75, 3.05) is 0 Å². The molecule has 16 heavy (non-hydrogen) atoms. The van der Waals surface area contributed by atoms with Crippen molar-refractivity contribution >= 4 is 5.97 Å². The van der Waals surface area contributed by atoms with Gasteiger partial charge in [-0.2, -0.15) is 0 Å². The van der Waals surface area contributed by atoms with Gasteiger partial charge in [0.25, 0.3) is 0 Å². The number of aromatic hydroxyl groups is 1. The van der Waals surface area contributed by atoms with Gasteiger partial charge in [-0.25, -0.2) is 4.39 Å². The van der Waals surface area contributed by atoms with Gasteiger partial charge in [0, 0.05) is 5.41 Å². The van der Waals surface area contributed by atoms with Crippen LogP contribution in [0.3, 0.4) is 0 Å². The number of carboxylic acids is 1. The van der Waals surface area contributed by atoms with Crippen LogP contribution in [0.1, 0.15) is 30.4 Å². The fraction of sp³-hybridized carbons (Fsp3) is 0.417. The van der Waals surface area contributed by atoms with Gasteiger partial charge in [-0.1, -0.05) is 0 Å². The van der Waals surface area contributed by atoms with Gasteiger partial charge in [0.05, 0.1) is 6.42 Å². The van der Waals surface area contributed by atoms with Crippen LogP contribution < -0.4 is 0 Å². The van der Waals surface area contributed by atoms with Crippen LogP contribution in [0.4, 0.5) is 4.39 Å². The molecule has 1 aromatic carbocycles. The quantitative estimate of drug-likeness (QED) is 0.828. The summed E-state index contributed by atoms with van der Waals surface area (Å²) >= 11 is 0. The summed E-state index contributed by atoms with van der Waals surface area (Å²) in [5.41, 5.74) is 0.201. The standard InChI is InChI=1S/C12H13FO3/c1-7-4-9(13)8(5-10(7)14)12(2-3-12)6-11(15)16/h4-5,14H,2-3,6H2,1H3,(H,15,16). The molecule has 0 spiro atoms. The molecular formula is C12H13FO3. The number of phenolic OH excluding ortho intramolecular Hbond substituents is 1. The number of aryl methyl sites for hydroxylation is 1. The fourth-order valence-electron chi connectivity index (χ4n) is 2.05. The number of halogens is 1. The Morgan fingerprint density at radius 3 is 2.62 bits per heavy atom. The predicted molar refractivity (Wildman–Crippen MR) is 56.0 cm³/mol. The van der Waals surface area contributed by atoms with Crippen LogP contribution >= 0.6 is 0 Å². The minimum Gasteiger partial charge on any atom is -0.508 e. The Balaban J connectivity index is 2.41. The van der Waals surface area contributed by atoms with Crippen molar-refractivity contribution in [3.63, 3.8) is 0 Å². The topological polar surface area (TPSA) is 57.5 Å². The minimum absolute atomic E-state index is 0.0214. The summed E-state index contributed by atoms with van der Waals surface area (Å²) in [6, 6.07) is 2.62. The van der Waals surface area contributed by atoms with E-state index in [-0.39, 0.29) is 12.2 Å². The zero-order valence-electron chi connectivity index (χ0n) is 8.96. The maximum Gasteiger partial charge on any atom is 0.304 e. The number of aliphatic carboxylic acids is 1. The highest BCUT2D eigenvalue weighted by Crippen LogP contribution is 2.52. The molecule has 2 N–H and O–H groups in total. The Labute approximate surface area is 92.5 Å². The second-order valence-electron chi connectivity index (χ2n) is 4.47. The predicted octanol–water partition coefficient (Wildman–Crippen LogP) is 2.35. The first-order valence-electron chi connectivity index (χ1n) is 5.16. The van der Waals surface area contributed by atoms with E-state index in [1.807, 2.05) is 0 Å². The maximum atomic E-state index is 13.7. The molecule has 0 radical (unpaired) electrons. The minimum atomic E-state index is -0.933. The van der Waals surface area contributed by atoms with Crippen LogP contribution in [0.25, 0.3) is 0 Å². The number of phenols is 1. The lowest BCUT2D eigenvalue weighted by atomic mass is 9.91. The van der Waals surface area contributed by atoms with E-state index in [2.05, 4.69) is 0 Å². The molecule has 0 aromatic heterocycles. The van der Waals surface area contributed by atoms with Crippen molar-refractivity contribution < 1.29 is 19.4 Å². The van der Waals surface area contributed by atoms with E-state index < -0.39 is 17.2 Å². The molecule has 1 saturated carbocycles. The molecule has 0 heterocycles. The van der Waals surface area contributed by atoms with Crippen LogP contribution in [0.15, 0.2) is 12.1 Å². The summed E-state index contributed by atoms with van der Waals surface area (Å²) in [4.78, 5) is 10.7. The maximum absolute atomic E-state index is 13.7. The van der Waals surface area contributed by atoms with Crippen LogP contribution in [0.5, 0.6) is 5.75 Å². The Kier molecular flexibility index (Phi) is 2.37. The first-order valence-corrected chi connectivity index (χ1v) is 5.16. The zero-order chi connectivity index (χ0) is 11.9. The average Bonchev–Trinajstić information content (AvgIpc) is 2.91. The summed E-state index contributed by atoms with van der Waals surface area (Å²) in [6.45, 7) is 1.61. The van der Waals surface area contributed by atoms with Crippen molar-refractivity contribution in [3.8, 4) is 5.75 Å². The molecule has 1 fully saturated rings. The van der Waals surface area contributed by atoms with Gasteiger partial charge in [0.1, 0.15) is 11.6 Å². The smallest absolute Gasteiger partial charge is 0.304 e. The Bertz CT molecular complexity index is 450. The van der Waals surface area contributed by atoms with E-state index in [1.165, 1.54) is 12.1 Å². The summed E-state index contributed by atoms with van der Waals surface area (Å²) < 4.78 is 13.7. The van der Waals surface area contributed by atoms with Crippen molar-refractivity contribution in [2.45, 2.75) is 31.6 Å². The Hall–Kier alpha value is -1.58. The second kappa shape index (κ2) is 3.47. The molecular weight excluding hydrogens is 211 g/mol. The van der Waals surface area contributed by atoms with Crippen LogP contribution in [-0.2, 0) is 10.2 Å². The van der Waals surface area contributed by atoms with Gasteiger partial charge in [-0.3, -0.25) is 4.79 Å². The van der Waals surface area contributed by atoms with Crippen LogP contribution in [0.2, 0.25) is 0 Å². The van der Waals surface area contributed by atoms with E-state index in [0.29, 0.717) is 24.0 Å². The molecule has 3 nitrogen and oxygen atoms in total. The number of carboxylic acid groups (broad SMARTS) is 1. The van der Waals surface area contributed by atoms with Gasteiger partial charge < -0.3 is 10.2 Å². The van der Waals surface area contributed by atoms with Crippen LogP contribution in [0, 0.1) is 12.7 Å². The summed E-state index contributed by atoms with van der Waals surface area (Å²) in [6.07, 6.45) is 1.25. The molecule has 1 aromatic rings. The number of hydrogen-bond donors (Lipinski definition) is 2. The number of carbonyl (C=O) groups is 1. The third-order valence-electron chi connectivity index (χ3n) is 3.20. The van der Waals surface area contributed by atoms with Crippen LogP contribution in [-0.4, -0.2) is 16.2 Å². The van der Waals surface area contributed by atoms with Gasteiger partial charge in [-0.05, 0) is 43.0 Å². The lowest BCUT2D eigenvalue weighted by Gasteiger charge is -2.15. The lowest BCUT2D eigenvalue weighted by Crippen LogP contribution is -2.14. The molecule has 0 bridgehead atoms. The highest BCUT2D eigenvalue weighted by atomic mass is 19.1. The summed E-state index contributed by atoms with van der Waals surface area (Å²) in [5.74, 6) is -1.33. The number of hydrogen-bond acceptors (Lipinski definition) is 2. The second-order valence-corrected chi connectivity index (χ2v) is 4.47. The molecule has 86 valence electrons. The monoisotopic (exact) mass is 224 g/mol. The van der Waals surface area contributed by atoms with E-state index in [1.54, 1.807) is 6.92 Å². The Morgan fingerprint density at radius 1 is 1.50 bits per heavy atom. The molecule has 0 aliphatic heterocycles. The first-order chi connectivity index (χ1) is 7.44. The highest BCUT2D eigenvalue weighted by Gasteiger charge is 2.47. The summed E-state index contributed by atoms with van der Waals surface area (Å²) in [7, 11) is 0. The van der Waals surface area contributed by atoms with Gasteiger partial charge >= 0.3 is 5.97 Å². The number of rotatable bonds is 3. The summed E-state index contributed by atoms with van der Waals surface area (Å²) in [5, 5.41) is 18.3. The van der Waals surface area contributed by atoms with E-state index in [9.17, 15) is 14.3 Å². The third kappa shape index (κ3) is 1.75. The fourth-order valence-corrected chi connectivity index (χ4v) is 2.05. The molecule has 0 saturated heterocycles. The zero-order valence-corrected chi connectivity index (χ0v) is 8.96. The first kappa shape index (κ1) is 10.9. The molecule has 0 atom stereocenters. The number of benzene rings is 1. The van der Waals surface area contributed by atoms with Gasteiger partial charge in [-0.15, -0.1) is 0 Å². The molecule has 1 aliphatic rings. The van der Waals surface area contributed by atoms with Crippen molar-refractivity contribution in [2.24, 2.45) is 0 Å². The lowest BCUT2D eigenvalue weighted by molar-refractivity contribution is -0.137. The largest absolute Gasteiger partial charge is 0.508 e. The molecule has 1 aliphatic carbocycles. The van der Waals surface area contributed by atoms with E-state index >= 15 is 0 Å².